The van der Waals surface area contributed by atoms with Gasteiger partial charge in [0.2, 0.25) is 0 Å². The Balaban J connectivity index is 1.85. The number of allylic oxidation sites excluding steroid dienone is 2. The lowest BCUT2D eigenvalue weighted by molar-refractivity contribution is 0.0163. The van der Waals surface area contributed by atoms with Gasteiger partial charge in [0.15, 0.2) is 0 Å². The van der Waals surface area contributed by atoms with Crippen molar-refractivity contribution in [3.8, 4) is 0 Å². The summed E-state index contributed by atoms with van der Waals surface area (Å²) in [5.74, 6) is 1.55. The molecule has 2 aliphatic heterocycles. The zero-order valence-corrected chi connectivity index (χ0v) is 12.3. The zero-order valence-electron chi connectivity index (χ0n) is 12.3. The molecule has 0 aliphatic carbocycles. The van der Waals surface area contributed by atoms with Crippen molar-refractivity contribution in [1.29, 1.82) is 0 Å². The highest BCUT2D eigenvalue weighted by molar-refractivity contribution is 5.68. The lowest BCUT2D eigenvalue weighted by Gasteiger charge is -2.38. The Hall–Kier alpha value is -2.05. The fourth-order valence-corrected chi connectivity index (χ4v) is 2.03. The third-order valence-corrected chi connectivity index (χ3v) is 3.03. The van der Waals surface area contributed by atoms with Crippen LogP contribution in [0.15, 0.2) is 23.8 Å². The molecule has 0 aromatic carbocycles. The number of hydrogen-bond donors (Lipinski definition) is 3. The van der Waals surface area contributed by atoms with Gasteiger partial charge in [-0.15, -0.1) is 0 Å². The summed E-state index contributed by atoms with van der Waals surface area (Å²) in [6.45, 7) is 8.43. The number of nitrogens with one attached hydrogen (secondary N) is 2. The van der Waals surface area contributed by atoms with E-state index in [2.05, 4.69) is 15.8 Å². The third-order valence-electron chi connectivity index (χ3n) is 3.03. The van der Waals surface area contributed by atoms with Crippen molar-refractivity contribution < 1.29 is 9.53 Å². The predicted octanol–water partition coefficient (Wildman–Crippen LogP) is 0.288. The number of amides is 1. The van der Waals surface area contributed by atoms with Crippen LogP contribution in [0.5, 0.6) is 0 Å². The Bertz CT molecular complexity index is 431. The molecule has 0 aromatic heterocycles. The van der Waals surface area contributed by atoms with Crippen LogP contribution in [0.1, 0.15) is 20.8 Å². The van der Waals surface area contributed by atoms with Gasteiger partial charge in [0.05, 0.1) is 0 Å². The second-order valence-electron chi connectivity index (χ2n) is 5.88. The van der Waals surface area contributed by atoms with E-state index in [0.717, 1.165) is 18.9 Å². The van der Waals surface area contributed by atoms with Crippen molar-refractivity contribution in [1.82, 2.24) is 20.7 Å². The van der Waals surface area contributed by atoms with Crippen LogP contribution in [0.2, 0.25) is 0 Å². The SMILES string of the molecule is CC(C)(C)OC(=O)N1CCN(C2=CC=C(N)NN2)CC1. The van der Waals surface area contributed by atoms with E-state index in [0.29, 0.717) is 18.9 Å². The van der Waals surface area contributed by atoms with Crippen molar-refractivity contribution >= 4 is 6.09 Å². The average molecular weight is 281 g/mol. The maximum absolute atomic E-state index is 12.0. The molecule has 0 saturated carbocycles. The number of ether oxygens (including phenoxy) is 1. The molecule has 7 heteroatoms. The molecule has 0 bridgehead atoms. The zero-order chi connectivity index (χ0) is 14.8. The van der Waals surface area contributed by atoms with E-state index < -0.39 is 5.60 Å². The van der Waals surface area contributed by atoms with Gasteiger partial charge in [-0.25, -0.2) is 4.79 Å². The summed E-state index contributed by atoms with van der Waals surface area (Å²) < 4.78 is 5.37. The fourth-order valence-electron chi connectivity index (χ4n) is 2.03. The van der Waals surface area contributed by atoms with Gasteiger partial charge in [0.25, 0.3) is 0 Å². The van der Waals surface area contributed by atoms with Crippen LogP contribution >= 0.6 is 0 Å². The minimum atomic E-state index is -0.450. The molecular weight excluding hydrogens is 258 g/mol. The second kappa shape index (κ2) is 5.52. The van der Waals surface area contributed by atoms with Crippen LogP contribution in [0.3, 0.4) is 0 Å². The van der Waals surface area contributed by atoms with Crippen molar-refractivity contribution in [3.63, 3.8) is 0 Å². The number of rotatable bonds is 1. The molecule has 2 heterocycles. The van der Waals surface area contributed by atoms with Crippen LogP contribution in [0.4, 0.5) is 4.79 Å². The molecule has 2 aliphatic rings. The van der Waals surface area contributed by atoms with Gasteiger partial charge in [-0.3, -0.25) is 10.9 Å². The topological polar surface area (TPSA) is 82.9 Å². The molecular formula is C13H23N5O2. The summed E-state index contributed by atoms with van der Waals surface area (Å²) in [5, 5.41) is 0. The molecule has 7 nitrogen and oxygen atoms in total. The number of nitrogens with two attached hydrogens (primary N) is 1. The van der Waals surface area contributed by atoms with Gasteiger partial charge in [-0.2, -0.15) is 0 Å². The quantitative estimate of drug-likeness (QED) is 0.641. The number of carbonyl (C=O) groups excluding carboxylic acids is 1. The summed E-state index contributed by atoms with van der Waals surface area (Å²) in [4.78, 5) is 15.9. The lowest BCUT2D eigenvalue weighted by Crippen LogP contribution is -2.52. The highest BCUT2D eigenvalue weighted by atomic mass is 16.6. The van der Waals surface area contributed by atoms with E-state index in [1.165, 1.54) is 0 Å². The Morgan fingerprint density at radius 2 is 1.85 bits per heavy atom. The van der Waals surface area contributed by atoms with Gasteiger partial charge < -0.3 is 20.3 Å². The number of nitrogens with zero attached hydrogens (tertiary/aromatic N) is 2. The van der Waals surface area contributed by atoms with Gasteiger partial charge >= 0.3 is 6.09 Å². The number of hydrazine groups is 1. The molecule has 4 N–H and O–H groups in total. The first kappa shape index (κ1) is 14.4. The first-order valence-electron chi connectivity index (χ1n) is 6.77. The monoisotopic (exact) mass is 281 g/mol. The first-order valence-corrected chi connectivity index (χ1v) is 6.77. The van der Waals surface area contributed by atoms with E-state index in [1.807, 2.05) is 32.9 Å². The first-order chi connectivity index (χ1) is 9.35. The van der Waals surface area contributed by atoms with Crippen molar-refractivity contribution in [3.05, 3.63) is 23.8 Å². The lowest BCUT2D eigenvalue weighted by atomic mass is 10.2. The maximum atomic E-state index is 12.0. The predicted molar refractivity (Wildman–Crippen MR) is 76.0 cm³/mol. The summed E-state index contributed by atoms with van der Waals surface area (Å²) >= 11 is 0. The average Bonchev–Trinajstić information content (AvgIpc) is 2.38. The summed E-state index contributed by atoms with van der Waals surface area (Å²) in [7, 11) is 0. The Kier molecular flexibility index (Phi) is 3.96. The number of carbonyl (C=O) groups is 1. The van der Waals surface area contributed by atoms with Crippen LogP contribution in [0.25, 0.3) is 0 Å². The number of hydrogen-bond acceptors (Lipinski definition) is 6. The Morgan fingerprint density at radius 1 is 1.20 bits per heavy atom. The van der Waals surface area contributed by atoms with Crippen LogP contribution < -0.4 is 16.6 Å². The third kappa shape index (κ3) is 3.72. The number of piperazine rings is 1. The molecule has 2 rings (SSSR count). The molecule has 0 aromatic rings. The maximum Gasteiger partial charge on any atom is 0.410 e. The Labute approximate surface area is 119 Å². The van der Waals surface area contributed by atoms with Gasteiger partial charge in [0, 0.05) is 26.2 Å². The molecule has 112 valence electrons. The van der Waals surface area contributed by atoms with Gasteiger partial charge in [0.1, 0.15) is 17.2 Å². The summed E-state index contributed by atoms with van der Waals surface area (Å²) in [6, 6.07) is 0. The van der Waals surface area contributed by atoms with E-state index >= 15 is 0 Å². The van der Waals surface area contributed by atoms with Crippen LogP contribution in [-0.2, 0) is 4.74 Å². The molecule has 1 amide bonds. The van der Waals surface area contributed by atoms with E-state index in [4.69, 9.17) is 10.5 Å². The largest absolute Gasteiger partial charge is 0.444 e. The van der Waals surface area contributed by atoms with E-state index in [-0.39, 0.29) is 6.09 Å². The van der Waals surface area contributed by atoms with Gasteiger partial charge in [-0.1, -0.05) is 0 Å². The van der Waals surface area contributed by atoms with Crippen molar-refractivity contribution in [2.45, 2.75) is 26.4 Å². The smallest absolute Gasteiger partial charge is 0.410 e. The second-order valence-corrected chi connectivity index (χ2v) is 5.88. The van der Waals surface area contributed by atoms with Crippen molar-refractivity contribution in [2.75, 3.05) is 26.2 Å². The molecule has 0 unspecified atom stereocenters. The molecule has 0 radical (unpaired) electrons. The van der Waals surface area contributed by atoms with Crippen LogP contribution in [-0.4, -0.2) is 47.7 Å². The van der Waals surface area contributed by atoms with Crippen LogP contribution in [0, 0.1) is 0 Å². The summed E-state index contributed by atoms with van der Waals surface area (Å²) in [5.41, 5.74) is 11.0. The highest BCUT2D eigenvalue weighted by Crippen LogP contribution is 2.13. The van der Waals surface area contributed by atoms with Gasteiger partial charge in [-0.05, 0) is 32.9 Å². The Morgan fingerprint density at radius 3 is 2.35 bits per heavy atom. The summed E-state index contributed by atoms with van der Waals surface area (Å²) in [6.07, 6.45) is 3.49. The minimum Gasteiger partial charge on any atom is -0.444 e. The molecule has 20 heavy (non-hydrogen) atoms. The molecule has 1 saturated heterocycles. The van der Waals surface area contributed by atoms with E-state index in [9.17, 15) is 4.79 Å². The highest BCUT2D eigenvalue weighted by Gasteiger charge is 2.26. The molecule has 0 spiro atoms. The minimum absolute atomic E-state index is 0.245. The standard InChI is InChI=1S/C13H23N5O2/c1-13(2,3)20-12(19)18-8-6-17(7-9-18)11-5-4-10(14)15-16-11/h4-5,15-16H,6-9,14H2,1-3H3. The normalized spacial score (nSPS) is 19.6. The molecule has 0 atom stereocenters. The van der Waals surface area contributed by atoms with E-state index in [1.54, 1.807) is 4.90 Å². The fraction of sp³-hybridized carbons (Fsp3) is 0.615. The molecule has 1 fully saturated rings. The van der Waals surface area contributed by atoms with Crippen molar-refractivity contribution in [2.24, 2.45) is 5.73 Å².